The molecule has 0 atom stereocenters. The molecule has 5 nitrogen and oxygen atoms in total. The van der Waals surface area contributed by atoms with Crippen LogP contribution in [0.4, 0.5) is 28.9 Å². The molecule has 38 heavy (non-hydrogen) atoms. The highest BCUT2D eigenvalue weighted by Gasteiger charge is 2.22. The number of rotatable bonds is 8. The van der Waals surface area contributed by atoms with Gasteiger partial charge in [-0.1, -0.05) is 36.0 Å². The lowest BCUT2D eigenvalue weighted by Gasteiger charge is -2.20. The molecule has 0 unspecified atom stereocenters. The molecule has 1 N–H and O–H groups in total. The highest BCUT2D eigenvalue weighted by molar-refractivity contribution is 7.99. The zero-order chi connectivity index (χ0) is 26.8. The fraction of sp³-hybridized carbons (Fsp3) is 0.143. The van der Waals surface area contributed by atoms with Crippen LogP contribution in [0.2, 0.25) is 0 Å². The number of ketones is 1. The van der Waals surface area contributed by atoms with Gasteiger partial charge in [0.1, 0.15) is 17.1 Å². The van der Waals surface area contributed by atoms with Gasteiger partial charge in [-0.15, -0.1) is 0 Å². The summed E-state index contributed by atoms with van der Waals surface area (Å²) >= 11 is 1.63. The van der Waals surface area contributed by atoms with Gasteiger partial charge in [-0.3, -0.25) is 9.48 Å². The van der Waals surface area contributed by atoms with Crippen molar-refractivity contribution in [2.75, 3.05) is 12.4 Å². The van der Waals surface area contributed by atoms with Crippen LogP contribution in [0.15, 0.2) is 82.6 Å². The normalized spacial score (nSPS) is 12.5. The minimum absolute atomic E-state index is 0.208. The largest absolute Gasteiger partial charge is 0.496 e. The number of benzene rings is 3. The lowest BCUT2D eigenvalue weighted by Crippen LogP contribution is -2.08. The van der Waals surface area contributed by atoms with Gasteiger partial charge in [0.15, 0.2) is 5.78 Å². The molecule has 0 amide bonds. The second-order valence-corrected chi connectivity index (χ2v) is 9.54. The maximum absolute atomic E-state index is 13.4. The molecule has 0 spiro atoms. The van der Waals surface area contributed by atoms with E-state index in [4.69, 9.17) is 4.74 Å². The molecule has 0 aliphatic carbocycles. The van der Waals surface area contributed by atoms with E-state index in [-0.39, 0.29) is 12.3 Å². The zero-order valence-corrected chi connectivity index (χ0v) is 20.8. The predicted molar refractivity (Wildman–Crippen MR) is 138 cm³/mol. The number of alkyl halides is 4. The van der Waals surface area contributed by atoms with Crippen LogP contribution in [0.25, 0.3) is 6.08 Å². The molecule has 1 aromatic heterocycles. The third-order valence-corrected chi connectivity index (χ3v) is 7.12. The summed E-state index contributed by atoms with van der Waals surface area (Å²) < 4.78 is 59.1. The molecule has 0 radical (unpaired) electrons. The van der Waals surface area contributed by atoms with Crippen molar-refractivity contribution < 1.29 is 27.1 Å². The van der Waals surface area contributed by atoms with E-state index >= 15 is 0 Å². The molecule has 0 saturated carbocycles. The third-order valence-electron chi connectivity index (χ3n) is 5.97. The number of fused-ring (bicyclic) bond motifs is 2. The smallest absolute Gasteiger partial charge is 0.282 e. The Labute approximate surface area is 220 Å². The van der Waals surface area contributed by atoms with Crippen LogP contribution in [-0.2, 0) is 6.54 Å². The van der Waals surface area contributed by atoms with E-state index in [1.54, 1.807) is 48.2 Å². The fourth-order valence-electron chi connectivity index (χ4n) is 4.11. The maximum Gasteiger partial charge on any atom is 0.282 e. The average molecular weight is 540 g/mol. The fourth-order valence-corrected chi connectivity index (χ4v) is 5.08. The predicted octanol–water partition coefficient (Wildman–Crippen LogP) is 7.92. The van der Waals surface area contributed by atoms with Crippen LogP contribution in [0.5, 0.6) is 5.75 Å². The SMILES string of the molecule is COc1ccc(/C=C/C(=O)c2ccc3c(c2)Nc2ccccc2S3)cc1Cn1nc(C(F)F)cc1C(F)F. The number of carbonyl (C=O) groups excluding carboxylic acids is 1. The van der Waals surface area contributed by atoms with Crippen LogP contribution < -0.4 is 10.1 Å². The van der Waals surface area contributed by atoms with Crippen molar-refractivity contribution in [1.29, 1.82) is 0 Å². The number of para-hydroxylation sites is 1. The van der Waals surface area contributed by atoms with Crippen molar-refractivity contribution in [2.24, 2.45) is 0 Å². The number of carbonyl (C=O) groups is 1. The van der Waals surface area contributed by atoms with Crippen LogP contribution in [0, 0.1) is 0 Å². The second-order valence-electron chi connectivity index (χ2n) is 8.46. The molecule has 0 saturated heterocycles. The lowest BCUT2D eigenvalue weighted by atomic mass is 10.1. The first-order chi connectivity index (χ1) is 18.3. The molecule has 0 bridgehead atoms. The van der Waals surface area contributed by atoms with Crippen LogP contribution in [-0.4, -0.2) is 22.7 Å². The Morgan fingerprint density at radius 1 is 1.00 bits per heavy atom. The van der Waals surface area contributed by atoms with Gasteiger partial charge < -0.3 is 10.1 Å². The molecular formula is C28H21F4N3O2S. The topological polar surface area (TPSA) is 56.1 Å². The number of aromatic nitrogens is 2. The van der Waals surface area contributed by atoms with E-state index in [0.717, 1.165) is 25.8 Å². The Kier molecular flexibility index (Phi) is 7.24. The van der Waals surface area contributed by atoms with E-state index in [1.165, 1.54) is 13.2 Å². The number of hydrogen-bond donors (Lipinski definition) is 1. The van der Waals surface area contributed by atoms with Crippen molar-refractivity contribution >= 4 is 35.0 Å². The molecule has 4 aromatic rings. The van der Waals surface area contributed by atoms with E-state index in [0.29, 0.717) is 28.5 Å². The van der Waals surface area contributed by atoms with Gasteiger partial charge in [0.2, 0.25) is 0 Å². The van der Waals surface area contributed by atoms with Crippen molar-refractivity contribution in [1.82, 2.24) is 9.78 Å². The number of anilines is 2. The van der Waals surface area contributed by atoms with Gasteiger partial charge in [0.25, 0.3) is 12.9 Å². The summed E-state index contributed by atoms with van der Waals surface area (Å²) in [6.45, 7) is -0.208. The van der Waals surface area contributed by atoms with E-state index in [2.05, 4.69) is 10.4 Å². The second kappa shape index (κ2) is 10.7. The number of ether oxygens (including phenoxy) is 1. The van der Waals surface area contributed by atoms with Crippen LogP contribution in [0.3, 0.4) is 0 Å². The highest BCUT2D eigenvalue weighted by Crippen LogP contribution is 2.44. The first-order valence-corrected chi connectivity index (χ1v) is 12.3. The van der Waals surface area contributed by atoms with Gasteiger partial charge >= 0.3 is 0 Å². The minimum atomic E-state index is -2.97. The molecule has 0 fully saturated rings. The standard InChI is InChI=1S/C28H21F4N3O2S/c1-37-24-10-7-16(12-18(24)15-35-22(28(31)32)14-21(34-35)27(29)30)6-9-23(36)17-8-11-26-20(13-17)33-19-4-2-3-5-25(19)38-26/h2-14,27-28,33H,15H2,1H3/b9-6+. The van der Waals surface area contributed by atoms with Gasteiger partial charge in [-0.05, 0) is 60.2 Å². The molecule has 5 rings (SSSR count). The number of nitrogens with zero attached hydrogens (tertiary/aromatic N) is 2. The van der Waals surface area contributed by atoms with Gasteiger partial charge in [-0.2, -0.15) is 5.10 Å². The van der Waals surface area contributed by atoms with Gasteiger partial charge in [0, 0.05) is 20.9 Å². The monoisotopic (exact) mass is 539 g/mol. The maximum atomic E-state index is 13.4. The number of allylic oxidation sites excluding steroid dienone is 1. The summed E-state index contributed by atoms with van der Waals surface area (Å²) in [5.41, 5.74) is 2.04. The van der Waals surface area contributed by atoms with Crippen molar-refractivity contribution in [2.45, 2.75) is 29.2 Å². The summed E-state index contributed by atoms with van der Waals surface area (Å²) in [6.07, 6.45) is -2.92. The zero-order valence-electron chi connectivity index (χ0n) is 20.0. The summed E-state index contributed by atoms with van der Waals surface area (Å²) in [5, 5.41) is 7.00. The summed E-state index contributed by atoms with van der Waals surface area (Å²) in [6, 6.07) is 19.0. The molecule has 10 heteroatoms. The minimum Gasteiger partial charge on any atom is -0.496 e. The number of halogens is 4. The Morgan fingerprint density at radius 2 is 1.79 bits per heavy atom. The van der Waals surface area contributed by atoms with Gasteiger partial charge in [0.05, 0.1) is 25.0 Å². The Morgan fingerprint density at radius 3 is 2.55 bits per heavy atom. The molecule has 194 valence electrons. The Hall–Kier alpha value is -4.05. The molecule has 1 aliphatic rings. The Bertz CT molecular complexity index is 1530. The Balaban J connectivity index is 1.36. The molecule has 2 heterocycles. The molecule has 1 aliphatic heterocycles. The van der Waals surface area contributed by atoms with Crippen molar-refractivity contribution in [3.05, 3.63) is 101 Å². The van der Waals surface area contributed by atoms with Crippen molar-refractivity contribution in [3.63, 3.8) is 0 Å². The van der Waals surface area contributed by atoms with Crippen molar-refractivity contribution in [3.8, 4) is 5.75 Å². The summed E-state index contributed by atoms with van der Waals surface area (Å²) in [5.74, 6) is 0.158. The average Bonchev–Trinajstić information content (AvgIpc) is 3.35. The first-order valence-electron chi connectivity index (χ1n) is 11.5. The first kappa shape index (κ1) is 25.6. The number of nitrogens with one attached hydrogen (secondary N) is 1. The quantitative estimate of drug-likeness (QED) is 0.123. The third kappa shape index (κ3) is 5.31. The summed E-state index contributed by atoms with van der Waals surface area (Å²) in [7, 11) is 1.42. The number of hydrogen-bond acceptors (Lipinski definition) is 5. The van der Waals surface area contributed by atoms with E-state index in [1.807, 2.05) is 30.3 Å². The summed E-state index contributed by atoms with van der Waals surface area (Å²) in [4.78, 5) is 15.0. The molecular weight excluding hydrogens is 518 g/mol. The molecule has 3 aromatic carbocycles. The van der Waals surface area contributed by atoms with E-state index < -0.39 is 24.2 Å². The number of methoxy groups -OCH3 is 1. The van der Waals surface area contributed by atoms with Crippen LogP contribution >= 0.6 is 11.8 Å². The highest BCUT2D eigenvalue weighted by atomic mass is 32.2. The lowest BCUT2D eigenvalue weighted by molar-refractivity contribution is 0.104. The van der Waals surface area contributed by atoms with Gasteiger partial charge in [-0.25, -0.2) is 17.6 Å². The van der Waals surface area contributed by atoms with Crippen LogP contribution in [0.1, 0.15) is 45.7 Å². The van der Waals surface area contributed by atoms with E-state index in [9.17, 15) is 22.4 Å².